The van der Waals surface area contributed by atoms with Gasteiger partial charge in [0.2, 0.25) is 0 Å². The first-order chi connectivity index (χ1) is 9.00. The van der Waals surface area contributed by atoms with E-state index in [0.717, 1.165) is 38.3 Å². The zero-order valence-electron chi connectivity index (χ0n) is 13.2. The molecule has 3 nitrogen and oxygen atoms in total. The number of hydrogen-bond acceptors (Lipinski definition) is 3. The average molecular weight is 265 g/mol. The largest absolute Gasteiger partial charge is 0.300 e. The zero-order valence-corrected chi connectivity index (χ0v) is 13.2. The first-order valence-corrected chi connectivity index (χ1v) is 7.91. The second-order valence-corrected chi connectivity index (χ2v) is 6.50. The van der Waals surface area contributed by atoms with E-state index in [1.54, 1.807) is 0 Å². The van der Waals surface area contributed by atoms with E-state index < -0.39 is 0 Å². The molecule has 0 aliphatic carbocycles. The van der Waals surface area contributed by atoms with E-state index in [1.807, 2.05) is 6.92 Å². The standard InChI is InChI=1S/C16H31N3/c1-5-10-18-16(4,13-17)9-6-11-19-12-14(2)7-8-15(19)3/h14-15,18H,5-12H2,1-4H3. The molecule has 1 aliphatic heterocycles. The monoisotopic (exact) mass is 265 g/mol. The summed E-state index contributed by atoms with van der Waals surface area (Å²) in [6.07, 6.45) is 5.83. The van der Waals surface area contributed by atoms with E-state index in [2.05, 4.69) is 37.1 Å². The fourth-order valence-electron chi connectivity index (χ4n) is 2.91. The molecule has 1 heterocycles. The highest BCUT2D eigenvalue weighted by Crippen LogP contribution is 2.22. The highest BCUT2D eigenvalue weighted by Gasteiger charge is 2.25. The summed E-state index contributed by atoms with van der Waals surface area (Å²) in [4.78, 5) is 2.60. The SMILES string of the molecule is CCCNC(C)(C#N)CCCN1CC(C)CCC1C. The minimum atomic E-state index is -0.347. The molecule has 0 radical (unpaired) electrons. The molecule has 0 amide bonds. The number of nitriles is 1. The van der Waals surface area contributed by atoms with Gasteiger partial charge in [0.05, 0.1) is 6.07 Å². The van der Waals surface area contributed by atoms with E-state index in [9.17, 15) is 5.26 Å². The maximum Gasteiger partial charge on any atom is 0.103 e. The topological polar surface area (TPSA) is 39.1 Å². The minimum Gasteiger partial charge on any atom is -0.300 e. The van der Waals surface area contributed by atoms with Crippen molar-refractivity contribution >= 4 is 0 Å². The Kier molecular flexibility index (Phi) is 6.82. The summed E-state index contributed by atoms with van der Waals surface area (Å²) in [5.74, 6) is 0.830. The summed E-state index contributed by atoms with van der Waals surface area (Å²) < 4.78 is 0. The van der Waals surface area contributed by atoms with Gasteiger partial charge in [-0.05, 0) is 65.0 Å². The first kappa shape index (κ1) is 16.5. The Morgan fingerprint density at radius 1 is 1.37 bits per heavy atom. The third kappa shape index (κ3) is 5.50. The van der Waals surface area contributed by atoms with Crippen LogP contribution in [0.4, 0.5) is 0 Å². The lowest BCUT2D eigenvalue weighted by atomic mass is 9.93. The molecule has 0 aromatic rings. The number of rotatable bonds is 7. The number of nitrogens with zero attached hydrogens (tertiary/aromatic N) is 2. The van der Waals surface area contributed by atoms with Crippen LogP contribution in [0.5, 0.6) is 0 Å². The van der Waals surface area contributed by atoms with E-state index in [1.165, 1.54) is 19.4 Å². The number of nitrogens with one attached hydrogen (secondary N) is 1. The maximum absolute atomic E-state index is 9.32. The average Bonchev–Trinajstić information content (AvgIpc) is 2.40. The summed E-state index contributed by atoms with van der Waals surface area (Å²) in [7, 11) is 0. The smallest absolute Gasteiger partial charge is 0.103 e. The molecule has 0 bridgehead atoms. The van der Waals surface area contributed by atoms with Gasteiger partial charge in [0.25, 0.3) is 0 Å². The number of piperidine rings is 1. The van der Waals surface area contributed by atoms with Crippen LogP contribution in [0.3, 0.4) is 0 Å². The van der Waals surface area contributed by atoms with Crippen LogP contribution in [0.15, 0.2) is 0 Å². The Morgan fingerprint density at radius 3 is 2.74 bits per heavy atom. The molecule has 3 unspecified atom stereocenters. The maximum atomic E-state index is 9.32. The molecule has 3 atom stereocenters. The van der Waals surface area contributed by atoms with Crippen molar-refractivity contribution in [3.05, 3.63) is 0 Å². The van der Waals surface area contributed by atoms with E-state index in [0.29, 0.717) is 6.04 Å². The Balaban J connectivity index is 2.33. The van der Waals surface area contributed by atoms with Gasteiger partial charge in [-0.2, -0.15) is 5.26 Å². The van der Waals surface area contributed by atoms with Crippen molar-refractivity contribution in [2.45, 2.75) is 71.4 Å². The fourth-order valence-corrected chi connectivity index (χ4v) is 2.91. The van der Waals surface area contributed by atoms with Crippen LogP contribution in [-0.4, -0.2) is 36.1 Å². The van der Waals surface area contributed by atoms with Crippen molar-refractivity contribution in [3.63, 3.8) is 0 Å². The first-order valence-electron chi connectivity index (χ1n) is 7.91. The van der Waals surface area contributed by atoms with Crippen molar-refractivity contribution in [3.8, 4) is 6.07 Å². The Hall–Kier alpha value is -0.590. The number of hydrogen-bond donors (Lipinski definition) is 1. The molecule has 0 aromatic heterocycles. The molecule has 1 saturated heterocycles. The van der Waals surface area contributed by atoms with Crippen LogP contribution in [-0.2, 0) is 0 Å². The van der Waals surface area contributed by atoms with Crippen molar-refractivity contribution in [2.24, 2.45) is 5.92 Å². The molecule has 1 rings (SSSR count). The summed E-state index contributed by atoms with van der Waals surface area (Å²) >= 11 is 0. The molecule has 0 aromatic carbocycles. The molecule has 0 saturated carbocycles. The van der Waals surface area contributed by atoms with Crippen LogP contribution in [0, 0.1) is 17.2 Å². The Morgan fingerprint density at radius 2 is 2.11 bits per heavy atom. The third-order valence-electron chi connectivity index (χ3n) is 4.38. The van der Waals surface area contributed by atoms with Crippen LogP contribution in [0.2, 0.25) is 0 Å². The zero-order chi connectivity index (χ0) is 14.3. The number of likely N-dealkylation sites (tertiary alicyclic amines) is 1. The minimum absolute atomic E-state index is 0.347. The third-order valence-corrected chi connectivity index (χ3v) is 4.38. The van der Waals surface area contributed by atoms with Crippen molar-refractivity contribution in [2.75, 3.05) is 19.6 Å². The van der Waals surface area contributed by atoms with Crippen LogP contribution in [0.25, 0.3) is 0 Å². The summed E-state index contributed by atoms with van der Waals surface area (Å²) in [6, 6.07) is 3.16. The van der Waals surface area contributed by atoms with E-state index in [4.69, 9.17) is 0 Å². The summed E-state index contributed by atoms with van der Waals surface area (Å²) in [6.45, 7) is 12.2. The van der Waals surface area contributed by atoms with Gasteiger partial charge >= 0.3 is 0 Å². The fraction of sp³-hybridized carbons (Fsp3) is 0.938. The molecule has 19 heavy (non-hydrogen) atoms. The van der Waals surface area contributed by atoms with E-state index in [-0.39, 0.29) is 5.54 Å². The summed E-state index contributed by atoms with van der Waals surface area (Å²) in [5.41, 5.74) is -0.347. The highest BCUT2D eigenvalue weighted by atomic mass is 15.2. The van der Waals surface area contributed by atoms with Gasteiger partial charge in [0, 0.05) is 12.6 Å². The molecule has 0 spiro atoms. The van der Waals surface area contributed by atoms with Gasteiger partial charge in [-0.1, -0.05) is 13.8 Å². The molecule has 1 aliphatic rings. The Bertz CT molecular complexity index is 297. The van der Waals surface area contributed by atoms with Crippen LogP contribution < -0.4 is 5.32 Å². The highest BCUT2D eigenvalue weighted by molar-refractivity contribution is 5.03. The molecule has 1 fully saturated rings. The molecule has 110 valence electrons. The molecular weight excluding hydrogens is 234 g/mol. The summed E-state index contributed by atoms with van der Waals surface area (Å²) in [5, 5.41) is 12.7. The quantitative estimate of drug-likeness (QED) is 0.768. The van der Waals surface area contributed by atoms with Gasteiger partial charge in [-0.3, -0.25) is 5.32 Å². The van der Waals surface area contributed by atoms with Crippen molar-refractivity contribution in [1.82, 2.24) is 10.2 Å². The van der Waals surface area contributed by atoms with Crippen LogP contribution in [0.1, 0.15) is 59.8 Å². The lowest BCUT2D eigenvalue weighted by Crippen LogP contribution is -2.44. The van der Waals surface area contributed by atoms with Gasteiger partial charge in [-0.15, -0.1) is 0 Å². The molecule has 3 heteroatoms. The van der Waals surface area contributed by atoms with Crippen LogP contribution >= 0.6 is 0 Å². The molecular formula is C16H31N3. The Labute approximate surface area is 119 Å². The molecule has 1 N–H and O–H groups in total. The van der Waals surface area contributed by atoms with Crippen molar-refractivity contribution < 1.29 is 0 Å². The normalized spacial score (nSPS) is 27.7. The predicted molar refractivity (Wildman–Crippen MR) is 81.0 cm³/mol. The van der Waals surface area contributed by atoms with Gasteiger partial charge in [0.1, 0.15) is 5.54 Å². The second kappa shape index (κ2) is 7.87. The predicted octanol–water partition coefficient (Wildman–Crippen LogP) is 3.17. The van der Waals surface area contributed by atoms with Gasteiger partial charge in [-0.25, -0.2) is 0 Å². The second-order valence-electron chi connectivity index (χ2n) is 6.50. The van der Waals surface area contributed by atoms with Crippen molar-refractivity contribution in [1.29, 1.82) is 5.26 Å². The lowest BCUT2D eigenvalue weighted by Gasteiger charge is -2.37. The van der Waals surface area contributed by atoms with E-state index >= 15 is 0 Å². The lowest BCUT2D eigenvalue weighted by molar-refractivity contribution is 0.120. The van der Waals surface area contributed by atoms with Gasteiger partial charge < -0.3 is 4.90 Å². The van der Waals surface area contributed by atoms with Gasteiger partial charge in [0.15, 0.2) is 0 Å².